The molecule has 0 N–H and O–H groups in total. The molecule has 0 amide bonds. The van der Waals surface area contributed by atoms with Crippen LogP contribution in [0.3, 0.4) is 0 Å². The predicted octanol–water partition coefficient (Wildman–Crippen LogP) is 15.8. The predicted molar refractivity (Wildman–Crippen MR) is 371 cm³/mol. The van der Waals surface area contributed by atoms with Gasteiger partial charge in [-0.1, -0.05) is 277 Å². The van der Waals surface area contributed by atoms with Gasteiger partial charge in [0.1, 0.15) is 0 Å². The maximum atomic E-state index is 6.58. The van der Waals surface area contributed by atoms with E-state index in [0.29, 0.717) is 0 Å². The molecule has 0 unspecified atom stereocenters. The Morgan fingerprint density at radius 1 is 0.476 bits per heavy atom. The van der Waals surface area contributed by atoms with Crippen molar-refractivity contribution in [1.82, 2.24) is 0 Å². The van der Waals surface area contributed by atoms with Crippen molar-refractivity contribution in [3.8, 4) is 22.3 Å². The van der Waals surface area contributed by atoms with Gasteiger partial charge in [-0.2, -0.15) is 6.42 Å². The summed E-state index contributed by atoms with van der Waals surface area (Å²) in [5.74, 6) is 0. The number of unbranched alkanes of at least 4 members (excludes halogenated alkanes) is 1. The van der Waals surface area contributed by atoms with Crippen molar-refractivity contribution >= 4 is 173 Å². The van der Waals surface area contributed by atoms with Crippen molar-refractivity contribution in [3.63, 3.8) is 0 Å². The Hall–Kier alpha value is -4.96. The summed E-state index contributed by atoms with van der Waals surface area (Å²) < 4.78 is 7.30. The molecule has 0 aromatic heterocycles. The van der Waals surface area contributed by atoms with Crippen LogP contribution in [0.2, 0.25) is 10.0 Å². The monoisotopic (exact) mass is 1350 g/mol. The van der Waals surface area contributed by atoms with E-state index in [2.05, 4.69) is 234 Å². The van der Waals surface area contributed by atoms with E-state index in [0.717, 1.165) is 44.5 Å². The van der Waals surface area contributed by atoms with E-state index < -0.39 is 14.8 Å². The van der Waals surface area contributed by atoms with Crippen LogP contribution in [-0.4, -0.2) is 28.0 Å². The third-order valence-corrected chi connectivity index (χ3v) is 26.8. The normalized spacial score (nSPS) is 12.7. The number of hydrogen-bond donors (Lipinski definition) is 0. The van der Waals surface area contributed by atoms with Crippen LogP contribution in [-0.2, 0) is 4.74 Å². The fourth-order valence-corrected chi connectivity index (χ4v) is 21.5. The second kappa shape index (κ2) is 28.7. The quantitative estimate of drug-likeness (QED) is 0.0530. The fourth-order valence-electron chi connectivity index (χ4n) is 11.2. The molecule has 2 aliphatic rings. The summed E-state index contributed by atoms with van der Waals surface area (Å²) in [4.78, 5) is 0. The summed E-state index contributed by atoms with van der Waals surface area (Å²) in [6.07, 6.45) is 4.83. The first-order chi connectivity index (χ1) is 39.6. The summed E-state index contributed by atoms with van der Waals surface area (Å²) >= 11 is 32.0. The second-order valence-corrected chi connectivity index (χ2v) is 32.7. The molecule has 2 aliphatic heterocycles. The molecule has 1 saturated heterocycles. The third kappa shape index (κ3) is 12.8. The van der Waals surface area contributed by atoms with Crippen LogP contribution in [0.15, 0.2) is 259 Å². The summed E-state index contributed by atoms with van der Waals surface area (Å²) in [6, 6.07) is 89.5. The smallest absolute Gasteiger partial charge is 0.381 e. The molecule has 0 atom stereocenters. The number of ether oxygens (including phenoxy) is 1. The van der Waals surface area contributed by atoms with E-state index in [1.165, 1.54) is 109 Å². The zero-order chi connectivity index (χ0) is 56.3. The summed E-state index contributed by atoms with van der Waals surface area (Å²) in [6.45, 7) is 5.21. The molecule has 1 fully saturated rings. The Kier molecular flexibility index (Phi) is 21.6. The number of hydrogen-bond acceptors (Lipinski definition) is 1. The Morgan fingerprint density at radius 3 is 1.35 bits per heavy atom. The number of fused-ring (bicyclic) bond motifs is 11. The van der Waals surface area contributed by atoms with Gasteiger partial charge >= 0.3 is 25.6 Å². The number of halogens is 6. The van der Waals surface area contributed by atoms with Crippen molar-refractivity contribution in [1.29, 1.82) is 0 Å². The molecule has 0 radical (unpaired) electrons. The molecule has 14 rings (SSSR count). The summed E-state index contributed by atoms with van der Waals surface area (Å²) in [7, 11) is -2.57. The van der Waals surface area contributed by atoms with Crippen molar-refractivity contribution < 1.29 is 23.6 Å². The van der Waals surface area contributed by atoms with Gasteiger partial charge in [0.25, 0.3) is 0 Å². The molecule has 0 spiro atoms. The van der Waals surface area contributed by atoms with E-state index in [4.69, 9.17) is 50.1 Å². The molecule has 1 nitrogen and oxygen atoms in total. The van der Waals surface area contributed by atoms with Gasteiger partial charge in [-0.25, -0.2) is 0 Å². The Bertz CT molecular complexity index is 4010. The van der Waals surface area contributed by atoms with Gasteiger partial charge in [0.15, 0.2) is 8.07 Å². The molecular formula is C72H59BrCl4ILiOSi2. The maximum absolute atomic E-state index is 6.58. The van der Waals surface area contributed by atoms with Crippen molar-refractivity contribution in [2.75, 3.05) is 13.2 Å². The molecule has 2 heterocycles. The van der Waals surface area contributed by atoms with Crippen LogP contribution >= 0.6 is 83.9 Å². The molecule has 12 aromatic rings. The van der Waals surface area contributed by atoms with Crippen LogP contribution < -0.4 is 50.0 Å². The molecule has 0 bridgehead atoms. The zero-order valence-electron chi connectivity index (χ0n) is 45.9. The standard InChI is InChI=1S/C32H21ClSi.C20H11BrClI.C12H10Cl2Si.C4H8O.C4H9.Li/c33-22-19-20-27-29(21-22)25-15-7-8-16-26(25)31-28-17-9-10-18-30(28)34(32(27)31,23-11-3-1-4-12-23)24-13-5-2-6-14-24;21-18-8-4-3-7-16(18)19-14-6-2-1-5-13(14)17-11-12(22)9-10-15(17)20(19)23;13-15(14,11-7-3-1-4-8-11)12-9-5-2-6-10-12;1-2-4-5-3-1;1-3-4-2;/h1-21H;1-11H;1-10H;1-4H2;1,3-4H2,2H3;/q;;;;-1;+1. The summed E-state index contributed by atoms with van der Waals surface area (Å²) in [5.41, 5.74) is 5.23. The Labute approximate surface area is 538 Å². The van der Waals surface area contributed by atoms with E-state index in [9.17, 15) is 0 Å². The summed E-state index contributed by atoms with van der Waals surface area (Å²) in [5, 5.41) is 19.4. The Balaban J connectivity index is 0.000000145. The van der Waals surface area contributed by atoms with Gasteiger partial charge < -0.3 is 11.7 Å². The first kappa shape index (κ1) is 61.6. The van der Waals surface area contributed by atoms with Crippen LogP contribution in [0, 0.1) is 10.5 Å². The van der Waals surface area contributed by atoms with Crippen molar-refractivity contribution in [2.45, 2.75) is 32.6 Å². The van der Waals surface area contributed by atoms with Crippen molar-refractivity contribution in [3.05, 3.63) is 280 Å². The van der Waals surface area contributed by atoms with Crippen LogP contribution in [0.1, 0.15) is 32.6 Å². The number of rotatable bonds is 6. The average molecular weight is 1350 g/mol. The van der Waals surface area contributed by atoms with Gasteiger partial charge in [-0.15, -0.1) is 22.2 Å². The minimum Gasteiger partial charge on any atom is -0.381 e. The minimum absolute atomic E-state index is 0. The van der Waals surface area contributed by atoms with Crippen LogP contribution in [0.25, 0.3) is 65.3 Å². The largest absolute Gasteiger partial charge is 1.00 e. The van der Waals surface area contributed by atoms with E-state index >= 15 is 0 Å². The van der Waals surface area contributed by atoms with E-state index in [1.807, 2.05) is 72.8 Å². The molecule has 82 heavy (non-hydrogen) atoms. The second-order valence-electron chi connectivity index (χ2n) is 19.9. The van der Waals surface area contributed by atoms with Crippen LogP contribution in [0.4, 0.5) is 0 Å². The minimum atomic E-state index is -2.57. The van der Waals surface area contributed by atoms with Crippen molar-refractivity contribution in [2.24, 2.45) is 0 Å². The SMILES string of the molecule is C1CCOC1.Cl[Si](Cl)(c1ccccc1)c1ccccc1.Clc1ccc2c(I)c(-c3ccccc3Br)c3ccccc3c2c1.Clc1ccc2c3c(c4ccccc4c2c1)-c1ccccc1[Si]3(c1ccccc1)c1ccccc1.[CH2-]CCC.[Li+]. The van der Waals surface area contributed by atoms with E-state index in [1.54, 1.807) is 0 Å². The molecule has 12 aromatic carbocycles. The maximum Gasteiger partial charge on any atom is 1.00 e. The van der Waals surface area contributed by atoms with Gasteiger partial charge in [-0.3, -0.25) is 0 Å². The first-order valence-corrected chi connectivity index (χ1v) is 36.0. The fraction of sp³-hybridized carbons (Fsp3) is 0.0972. The first-order valence-electron chi connectivity index (χ1n) is 27.3. The topological polar surface area (TPSA) is 9.23 Å². The van der Waals surface area contributed by atoms with E-state index in [-0.39, 0.29) is 18.9 Å². The van der Waals surface area contributed by atoms with Crippen LogP contribution in [0.5, 0.6) is 0 Å². The molecule has 0 aliphatic carbocycles. The molecule has 404 valence electrons. The molecule has 0 saturated carbocycles. The molecule has 10 heteroatoms. The van der Waals surface area contributed by atoms with Gasteiger partial charge in [0.2, 0.25) is 0 Å². The van der Waals surface area contributed by atoms with Gasteiger partial charge in [0.05, 0.1) is 0 Å². The number of benzene rings is 12. The Morgan fingerprint density at radius 2 is 0.878 bits per heavy atom. The third-order valence-electron chi connectivity index (χ3n) is 14.9. The molecular weight excluding hydrogens is 1290 g/mol. The van der Waals surface area contributed by atoms with Gasteiger partial charge in [-0.05, 0) is 157 Å². The zero-order valence-corrected chi connectivity index (χ0v) is 54.6. The van der Waals surface area contributed by atoms with Gasteiger partial charge in [0, 0.05) is 36.9 Å². The average Bonchev–Trinajstić information content (AvgIpc) is 1.98.